The average molecular weight is 176 g/mol. The standard InChI is InChI=1S/C9H12N4/c1-4-6-2-7-5(1)9(13-11-7)3-8(4)12-10-6/h4-6,9-10,13H,1-3H2/t4-,5+,6-,9+/m0/s1. The van der Waals surface area contributed by atoms with Crippen LogP contribution in [0, 0.1) is 11.8 Å². The molecule has 0 aromatic rings. The van der Waals surface area contributed by atoms with E-state index in [4.69, 9.17) is 0 Å². The van der Waals surface area contributed by atoms with Gasteiger partial charge in [0.05, 0.1) is 12.1 Å². The van der Waals surface area contributed by atoms with E-state index in [2.05, 4.69) is 21.1 Å². The number of hydrogen-bond donors (Lipinski definition) is 2. The highest BCUT2D eigenvalue weighted by molar-refractivity contribution is 5.99. The van der Waals surface area contributed by atoms with Crippen molar-refractivity contribution in [3.63, 3.8) is 0 Å². The van der Waals surface area contributed by atoms with Gasteiger partial charge in [-0.15, -0.1) is 0 Å². The molecule has 2 heterocycles. The van der Waals surface area contributed by atoms with Crippen molar-refractivity contribution in [2.75, 3.05) is 0 Å². The number of rotatable bonds is 0. The molecule has 2 saturated carbocycles. The van der Waals surface area contributed by atoms with Gasteiger partial charge in [-0.1, -0.05) is 0 Å². The number of hydrazone groups is 2. The summed E-state index contributed by atoms with van der Waals surface area (Å²) in [6.45, 7) is 0. The van der Waals surface area contributed by atoms with E-state index < -0.39 is 0 Å². The summed E-state index contributed by atoms with van der Waals surface area (Å²) in [7, 11) is 0. The van der Waals surface area contributed by atoms with Crippen molar-refractivity contribution in [2.45, 2.75) is 31.3 Å². The van der Waals surface area contributed by atoms with Gasteiger partial charge in [0, 0.05) is 36.1 Å². The zero-order chi connectivity index (χ0) is 8.41. The van der Waals surface area contributed by atoms with Gasteiger partial charge in [0.2, 0.25) is 0 Å². The molecule has 0 aromatic carbocycles. The summed E-state index contributed by atoms with van der Waals surface area (Å²) < 4.78 is 0. The Balaban J connectivity index is 1.84. The molecule has 4 rings (SSSR count). The molecule has 2 aliphatic carbocycles. The Kier molecular flexibility index (Phi) is 0.929. The Bertz CT molecular complexity index is 301. The monoisotopic (exact) mass is 176 g/mol. The van der Waals surface area contributed by atoms with Crippen LogP contribution in [-0.2, 0) is 0 Å². The van der Waals surface area contributed by atoms with Crippen LogP contribution in [-0.4, -0.2) is 23.5 Å². The Labute approximate surface area is 76.5 Å². The summed E-state index contributed by atoms with van der Waals surface area (Å²) in [5.74, 6) is 1.44. The average Bonchev–Trinajstić information content (AvgIpc) is 2.75. The third-order valence-corrected chi connectivity index (χ3v) is 3.94. The van der Waals surface area contributed by atoms with Crippen LogP contribution in [0.15, 0.2) is 10.2 Å². The second-order valence-corrected chi connectivity index (χ2v) is 4.53. The highest BCUT2D eigenvalue weighted by atomic mass is 15.4. The SMILES string of the molecule is C1C2=NN[C@@H]3CC4=NN[C@@H]1[C@@H]4C[C@H]23. The highest BCUT2D eigenvalue weighted by Gasteiger charge is 2.49. The second-order valence-electron chi connectivity index (χ2n) is 4.53. The second kappa shape index (κ2) is 1.89. The fourth-order valence-corrected chi connectivity index (χ4v) is 3.24. The molecule has 2 N–H and O–H groups in total. The minimum absolute atomic E-state index is 0.561. The molecule has 4 nitrogen and oxygen atoms in total. The van der Waals surface area contributed by atoms with Gasteiger partial charge in [-0.3, -0.25) is 0 Å². The van der Waals surface area contributed by atoms with Crippen molar-refractivity contribution in [1.29, 1.82) is 0 Å². The van der Waals surface area contributed by atoms with E-state index in [9.17, 15) is 0 Å². The summed E-state index contributed by atoms with van der Waals surface area (Å²) >= 11 is 0. The van der Waals surface area contributed by atoms with Gasteiger partial charge in [-0.25, -0.2) is 0 Å². The van der Waals surface area contributed by atoms with Gasteiger partial charge in [0.1, 0.15) is 0 Å². The summed E-state index contributed by atoms with van der Waals surface area (Å²) in [5.41, 5.74) is 9.27. The van der Waals surface area contributed by atoms with Crippen molar-refractivity contribution >= 4 is 11.4 Å². The van der Waals surface area contributed by atoms with E-state index in [1.54, 1.807) is 0 Å². The van der Waals surface area contributed by atoms with Gasteiger partial charge in [0.15, 0.2) is 0 Å². The minimum atomic E-state index is 0.561. The third-order valence-electron chi connectivity index (χ3n) is 3.94. The smallest absolute Gasteiger partial charge is 0.0574 e. The molecule has 4 atom stereocenters. The minimum Gasteiger partial charge on any atom is -0.306 e. The van der Waals surface area contributed by atoms with Gasteiger partial charge in [-0.2, -0.15) is 10.2 Å². The van der Waals surface area contributed by atoms with E-state index in [0.717, 1.165) is 24.7 Å². The molecule has 0 radical (unpaired) electrons. The number of hydrogen-bond acceptors (Lipinski definition) is 4. The molecule has 68 valence electrons. The molecule has 0 saturated heterocycles. The first kappa shape index (κ1) is 6.40. The van der Waals surface area contributed by atoms with Crippen LogP contribution in [0.25, 0.3) is 0 Å². The quantitative estimate of drug-likeness (QED) is 0.549. The molecule has 0 spiro atoms. The van der Waals surface area contributed by atoms with Crippen molar-refractivity contribution in [2.24, 2.45) is 22.0 Å². The molecular weight excluding hydrogens is 164 g/mol. The zero-order valence-electron chi connectivity index (χ0n) is 7.33. The van der Waals surface area contributed by atoms with Gasteiger partial charge in [-0.05, 0) is 6.42 Å². The molecule has 2 bridgehead atoms. The number of nitrogens with zero attached hydrogens (tertiary/aromatic N) is 2. The molecule has 0 amide bonds. The fourth-order valence-electron chi connectivity index (χ4n) is 3.24. The fraction of sp³-hybridized carbons (Fsp3) is 0.778. The van der Waals surface area contributed by atoms with E-state index in [0.29, 0.717) is 12.1 Å². The topological polar surface area (TPSA) is 48.8 Å². The molecule has 0 unspecified atom stereocenters. The Morgan fingerprint density at radius 3 is 2.00 bits per heavy atom. The van der Waals surface area contributed by atoms with Crippen LogP contribution in [0.3, 0.4) is 0 Å². The van der Waals surface area contributed by atoms with Crippen molar-refractivity contribution in [1.82, 2.24) is 10.9 Å². The first-order chi connectivity index (χ1) is 6.42. The Morgan fingerprint density at radius 2 is 1.46 bits per heavy atom. The summed E-state index contributed by atoms with van der Waals surface area (Å²) in [6, 6.07) is 1.12. The van der Waals surface area contributed by atoms with Crippen LogP contribution in [0.2, 0.25) is 0 Å². The first-order valence-electron chi connectivity index (χ1n) is 5.06. The molecule has 13 heavy (non-hydrogen) atoms. The molecular formula is C9H12N4. The maximum Gasteiger partial charge on any atom is 0.0574 e. The molecule has 0 aromatic heterocycles. The Hall–Kier alpha value is -1.06. The predicted molar refractivity (Wildman–Crippen MR) is 49.5 cm³/mol. The van der Waals surface area contributed by atoms with E-state index in [-0.39, 0.29) is 0 Å². The molecule has 2 aliphatic heterocycles. The first-order valence-corrected chi connectivity index (χ1v) is 5.06. The normalized spacial score (nSPS) is 49.2. The summed E-state index contributed by atoms with van der Waals surface area (Å²) in [6.07, 6.45) is 3.48. The highest BCUT2D eigenvalue weighted by Crippen LogP contribution is 2.41. The van der Waals surface area contributed by atoms with Crippen LogP contribution in [0.1, 0.15) is 19.3 Å². The van der Waals surface area contributed by atoms with Crippen molar-refractivity contribution in [3.05, 3.63) is 0 Å². The third kappa shape index (κ3) is 0.641. The lowest BCUT2D eigenvalue weighted by Crippen LogP contribution is -2.48. The van der Waals surface area contributed by atoms with Crippen molar-refractivity contribution < 1.29 is 0 Å². The molecule has 2 fully saturated rings. The number of nitrogens with one attached hydrogen (secondary N) is 2. The lowest BCUT2D eigenvalue weighted by Gasteiger charge is -2.37. The maximum absolute atomic E-state index is 4.43. The van der Waals surface area contributed by atoms with Crippen molar-refractivity contribution in [3.8, 4) is 0 Å². The van der Waals surface area contributed by atoms with Gasteiger partial charge in [0.25, 0.3) is 0 Å². The lowest BCUT2D eigenvalue weighted by atomic mass is 9.67. The zero-order valence-corrected chi connectivity index (χ0v) is 7.33. The van der Waals surface area contributed by atoms with E-state index in [1.807, 2.05) is 0 Å². The van der Waals surface area contributed by atoms with E-state index >= 15 is 0 Å². The summed E-state index contributed by atoms with van der Waals surface area (Å²) in [4.78, 5) is 0. The Morgan fingerprint density at radius 1 is 0.923 bits per heavy atom. The lowest BCUT2D eigenvalue weighted by molar-refractivity contribution is 0.330. The molecule has 4 aliphatic rings. The largest absolute Gasteiger partial charge is 0.306 e. The van der Waals surface area contributed by atoms with Crippen LogP contribution >= 0.6 is 0 Å². The predicted octanol–water partition coefficient (Wildman–Crippen LogP) is 0.0719. The van der Waals surface area contributed by atoms with Crippen LogP contribution in [0.4, 0.5) is 0 Å². The van der Waals surface area contributed by atoms with Gasteiger partial charge < -0.3 is 10.9 Å². The van der Waals surface area contributed by atoms with Gasteiger partial charge >= 0.3 is 0 Å². The summed E-state index contributed by atoms with van der Waals surface area (Å²) in [5, 5.41) is 8.85. The maximum atomic E-state index is 4.43. The van der Waals surface area contributed by atoms with E-state index in [1.165, 1.54) is 17.8 Å². The molecule has 4 heteroatoms. The van der Waals surface area contributed by atoms with Crippen LogP contribution < -0.4 is 10.9 Å². The van der Waals surface area contributed by atoms with Crippen LogP contribution in [0.5, 0.6) is 0 Å².